The Morgan fingerprint density at radius 1 is 1.35 bits per heavy atom. The number of aromatic nitrogens is 1. The topological polar surface area (TPSA) is 68.0 Å². The zero-order chi connectivity index (χ0) is 14.1. The number of fused-ring (bicyclic) bond motifs is 1. The highest BCUT2D eigenvalue weighted by atomic mass is 35.5. The van der Waals surface area contributed by atoms with Crippen LogP contribution in [-0.2, 0) is 11.2 Å². The Morgan fingerprint density at radius 3 is 3.00 bits per heavy atom. The van der Waals surface area contributed by atoms with Crippen molar-refractivity contribution in [3.05, 3.63) is 41.0 Å². The molecule has 4 nitrogen and oxygen atoms in total. The van der Waals surface area contributed by atoms with Gasteiger partial charge in [0.15, 0.2) is 0 Å². The summed E-state index contributed by atoms with van der Waals surface area (Å²) in [6, 6.07) is 7.36. The summed E-state index contributed by atoms with van der Waals surface area (Å²) in [5.74, 6) is 0.0362. The van der Waals surface area contributed by atoms with Crippen LogP contribution in [-0.4, -0.2) is 10.9 Å². The minimum absolute atomic E-state index is 0.0362. The Labute approximate surface area is 125 Å². The average molecular weight is 306 g/mol. The molecule has 0 unspecified atom stereocenters. The van der Waals surface area contributed by atoms with Gasteiger partial charge in [0.1, 0.15) is 5.03 Å². The highest BCUT2D eigenvalue weighted by Gasteiger charge is 2.17. The van der Waals surface area contributed by atoms with Crippen LogP contribution in [0.15, 0.2) is 40.4 Å². The zero-order valence-corrected chi connectivity index (χ0v) is 12.1. The quantitative estimate of drug-likeness (QED) is 0.835. The molecule has 0 fully saturated rings. The number of amides is 1. The van der Waals surface area contributed by atoms with Crippen LogP contribution in [0.5, 0.6) is 0 Å². The molecule has 3 N–H and O–H groups in total. The standard InChI is InChI=1S/C14H12ClN3OS/c15-9-2-1-5-17-14(9)20-12-7-11-8(6-10(12)16)3-4-13(19)18-11/h1-2,5-7H,3-4,16H2,(H,18,19). The second-order valence-corrected chi connectivity index (χ2v) is 5.93. The van der Waals surface area contributed by atoms with Crippen molar-refractivity contribution in [1.82, 2.24) is 4.98 Å². The number of nitrogen functional groups attached to an aromatic ring is 1. The number of halogens is 1. The van der Waals surface area contributed by atoms with Gasteiger partial charge in [-0.15, -0.1) is 0 Å². The summed E-state index contributed by atoms with van der Waals surface area (Å²) in [5.41, 5.74) is 8.64. The van der Waals surface area contributed by atoms with Crippen LogP contribution >= 0.6 is 23.4 Å². The van der Waals surface area contributed by atoms with Gasteiger partial charge in [0, 0.05) is 28.9 Å². The molecule has 0 saturated heterocycles. The highest BCUT2D eigenvalue weighted by Crippen LogP contribution is 2.38. The Balaban J connectivity index is 1.96. The van der Waals surface area contributed by atoms with E-state index in [4.69, 9.17) is 17.3 Å². The first kappa shape index (κ1) is 13.3. The molecule has 2 aromatic rings. The molecular weight excluding hydrogens is 294 g/mol. The van der Waals surface area contributed by atoms with E-state index in [1.165, 1.54) is 11.8 Å². The first-order valence-corrected chi connectivity index (χ1v) is 7.33. The summed E-state index contributed by atoms with van der Waals surface area (Å²) in [7, 11) is 0. The fraction of sp³-hybridized carbons (Fsp3) is 0.143. The van der Waals surface area contributed by atoms with Crippen molar-refractivity contribution in [2.75, 3.05) is 11.1 Å². The number of benzene rings is 1. The van der Waals surface area contributed by atoms with E-state index in [0.717, 1.165) is 22.6 Å². The number of nitrogens with one attached hydrogen (secondary N) is 1. The number of carbonyl (C=O) groups is 1. The lowest BCUT2D eigenvalue weighted by Gasteiger charge is -2.19. The molecule has 0 radical (unpaired) electrons. The molecule has 1 aromatic heterocycles. The van der Waals surface area contributed by atoms with Gasteiger partial charge in [-0.3, -0.25) is 4.79 Å². The van der Waals surface area contributed by atoms with Crippen LogP contribution in [0.2, 0.25) is 5.02 Å². The minimum atomic E-state index is 0.0362. The van der Waals surface area contributed by atoms with Gasteiger partial charge in [0.05, 0.1) is 5.02 Å². The van der Waals surface area contributed by atoms with Gasteiger partial charge in [-0.2, -0.15) is 0 Å². The van der Waals surface area contributed by atoms with E-state index in [2.05, 4.69) is 10.3 Å². The number of hydrogen-bond donors (Lipinski definition) is 2. The van der Waals surface area contributed by atoms with Crippen LogP contribution < -0.4 is 11.1 Å². The molecule has 0 bridgehead atoms. The fourth-order valence-corrected chi connectivity index (χ4v) is 3.14. The van der Waals surface area contributed by atoms with E-state index in [1.807, 2.05) is 12.1 Å². The second kappa shape index (κ2) is 5.34. The number of rotatable bonds is 2. The number of nitrogens with zero attached hydrogens (tertiary/aromatic N) is 1. The maximum absolute atomic E-state index is 11.5. The number of carbonyl (C=O) groups excluding carboxylic acids is 1. The van der Waals surface area contributed by atoms with Crippen molar-refractivity contribution in [2.45, 2.75) is 22.8 Å². The molecule has 3 rings (SSSR count). The largest absolute Gasteiger partial charge is 0.398 e. The van der Waals surface area contributed by atoms with E-state index in [-0.39, 0.29) is 5.91 Å². The summed E-state index contributed by atoms with van der Waals surface area (Å²) < 4.78 is 0. The number of pyridine rings is 1. The SMILES string of the molecule is Nc1cc2c(cc1Sc1ncccc1Cl)NC(=O)CC2. The molecule has 0 atom stereocenters. The van der Waals surface area contributed by atoms with Crippen LogP contribution in [0.1, 0.15) is 12.0 Å². The Hall–Kier alpha value is -1.72. The first-order valence-electron chi connectivity index (χ1n) is 6.14. The average Bonchev–Trinajstić information content (AvgIpc) is 2.42. The molecule has 1 aliphatic heterocycles. The predicted molar refractivity (Wildman–Crippen MR) is 81.2 cm³/mol. The van der Waals surface area contributed by atoms with Gasteiger partial charge in [-0.25, -0.2) is 4.98 Å². The van der Waals surface area contributed by atoms with Gasteiger partial charge in [0.2, 0.25) is 5.91 Å². The highest BCUT2D eigenvalue weighted by molar-refractivity contribution is 7.99. The van der Waals surface area contributed by atoms with Crippen LogP contribution in [0, 0.1) is 0 Å². The van der Waals surface area contributed by atoms with Crippen molar-refractivity contribution >= 4 is 40.6 Å². The molecule has 6 heteroatoms. The Morgan fingerprint density at radius 2 is 2.20 bits per heavy atom. The van der Waals surface area contributed by atoms with Crippen molar-refractivity contribution in [1.29, 1.82) is 0 Å². The molecule has 0 aliphatic carbocycles. The molecule has 1 amide bonds. The predicted octanol–water partition coefficient (Wildman–Crippen LogP) is 3.35. The summed E-state index contributed by atoms with van der Waals surface area (Å²) in [6.45, 7) is 0. The number of nitrogens with two attached hydrogens (primary N) is 1. The van der Waals surface area contributed by atoms with Crippen LogP contribution in [0.25, 0.3) is 0 Å². The zero-order valence-electron chi connectivity index (χ0n) is 10.5. The van der Waals surface area contributed by atoms with Gasteiger partial charge in [0.25, 0.3) is 0 Å². The molecule has 20 heavy (non-hydrogen) atoms. The van der Waals surface area contributed by atoms with E-state index in [9.17, 15) is 4.79 Å². The third-order valence-corrected chi connectivity index (χ3v) is 4.57. The van der Waals surface area contributed by atoms with Gasteiger partial charge >= 0.3 is 0 Å². The van der Waals surface area contributed by atoms with Gasteiger partial charge in [-0.05, 0) is 36.2 Å². The summed E-state index contributed by atoms with van der Waals surface area (Å²) in [5, 5.41) is 4.15. The van der Waals surface area contributed by atoms with E-state index >= 15 is 0 Å². The summed E-state index contributed by atoms with van der Waals surface area (Å²) >= 11 is 7.49. The summed E-state index contributed by atoms with van der Waals surface area (Å²) in [6.07, 6.45) is 2.91. The number of aryl methyl sites for hydroxylation is 1. The maximum atomic E-state index is 11.5. The van der Waals surface area contributed by atoms with E-state index < -0.39 is 0 Å². The summed E-state index contributed by atoms with van der Waals surface area (Å²) in [4.78, 5) is 16.5. The van der Waals surface area contributed by atoms with E-state index in [1.54, 1.807) is 18.3 Å². The number of hydrogen-bond acceptors (Lipinski definition) is 4. The first-order chi connectivity index (χ1) is 9.63. The Bertz CT molecular complexity index is 690. The molecule has 1 aliphatic rings. The maximum Gasteiger partial charge on any atom is 0.224 e. The fourth-order valence-electron chi connectivity index (χ4n) is 2.07. The molecule has 102 valence electrons. The second-order valence-electron chi connectivity index (χ2n) is 4.49. The molecule has 0 saturated carbocycles. The van der Waals surface area contributed by atoms with Gasteiger partial charge < -0.3 is 11.1 Å². The van der Waals surface area contributed by atoms with Crippen molar-refractivity contribution < 1.29 is 4.79 Å². The minimum Gasteiger partial charge on any atom is -0.398 e. The third kappa shape index (κ3) is 2.59. The molecule has 1 aromatic carbocycles. The molecule has 0 spiro atoms. The van der Waals surface area contributed by atoms with Crippen molar-refractivity contribution in [2.24, 2.45) is 0 Å². The normalized spacial score (nSPS) is 13.8. The lowest BCUT2D eigenvalue weighted by molar-refractivity contribution is -0.116. The monoisotopic (exact) mass is 305 g/mol. The Kier molecular flexibility index (Phi) is 3.54. The van der Waals surface area contributed by atoms with Crippen LogP contribution in [0.4, 0.5) is 11.4 Å². The third-order valence-electron chi connectivity index (χ3n) is 3.06. The lowest BCUT2D eigenvalue weighted by atomic mass is 10.0. The lowest BCUT2D eigenvalue weighted by Crippen LogP contribution is -2.19. The molecule has 2 heterocycles. The van der Waals surface area contributed by atoms with E-state index in [0.29, 0.717) is 22.2 Å². The number of anilines is 2. The van der Waals surface area contributed by atoms with Gasteiger partial charge in [-0.1, -0.05) is 23.4 Å². The smallest absolute Gasteiger partial charge is 0.224 e. The molecular formula is C14H12ClN3OS. The van der Waals surface area contributed by atoms with Crippen molar-refractivity contribution in [3.8, 4) is 0 Å². The van der Waals surface area contributed by atoms with Crippen molar-refractivity contribution in [3.63, 3.8) is 0 Å². The van der Waals surface area contributed by atoms with Crippen LogP contribution in [0.3, 0.4) is 0 Å².